The molecule has 2 aromatic carbocycles. The van der Waals surface area contributed by atoms with Crippen LogP contribution in [-0.2, 0) is 16.1 Å². The highest BCUT2D eigenvalue weighted by Gasteiger charge is 2.27. The van der Waals surface area contributed by atoms with E-state index in [0.29, 0.717) is 10.8 Å². The van der Waals surface area contributed by atoms with Gasteiger partial charge in [0.2, 0.25) is 5.91 Å². The topological polar surface area (TPSA) is 58.6 Å². The van der Waals surface area contributed by atoms with E-state index in [0.717, 1.165) is 17.5 Å². The summed E-state index contributed by atoms with van der Waals surface area (Å²) >= 11 is 6.12. The molecule has 0 spiro atoms. The zero-order valence-corrected chi connectivity index (χ0v) is 19.8. The van der Waals surface area contributed by atoms with E-state index in [-0.39, 0.29) is 36.9 Å². The number of rotatable bonds is 10. The molecule has 0 fully saturated rings. The van der Waals surface area contributed by atoms with E-state index >= 15 is 0 Å². The lowest BCUT2D eigenvalue weighted by atomic mass is 10.0. The molecule has 2 atom stereocenters. The number of nitrogens with one attached hydrogen (secondary N) is 1. The van der Waals surface area contributed by atoms with Crippen LogP contribution in [0.1, 0.15) is 58.1 Å². The first-order chi connectivity index (χ1) is 14.7. The van der Waals surface area contributed by atoms with Crippen LogP contribution in [0.4, 0.5) is 0 Å². The number of halogens is 1. The third kappa shape index (κ3) is 7.28. The van der Waals surface area contributed by atoms with Gasteiger partial charge in [-0.2, -0.15) is 0 Å². The molecule has 0 aliphatic heterocycles. The number of benzene rings is 2. The highest BCUT2D eigenvalue weighted by molar-refractivity contribution is 6.30. The predicted molar refractivity (Wildman–Crippen MR) is 125 cm³/mol. The van der Waals surface area contributed by atoms with E-state index in [1.54, 1.807) is 24.0 Å². The Balaban J connectivity index is 2.20. The van der Waals surface area contributed by atoms with Gasteiger partial charge in [-0.1, -0.05) is 62.7 Å². The molecule has 0 aliphatic rings. The Hall–Kier alpha value is -2.53. The van der Waals surface area contributed by atoms with Crippen LogP contribution in [-0.4, -0.2) is 35.4 Å². The molecule has 0 saturated heterocycles. The zero-order chi connectivity index (χ0) is 23.0. The molecule has 5 nitrogen and oxygen atoms in total. The molecule has 2 aromatic rings. The maximum Gasteiger partial charge on any atom is 0.261 e. The summed E-state index contributed by atoms with van der Waals surface area (Å²) in [7, 11) is 0. The molecule has 168 valence electrons. The Morgan fingerprint density at radius 3 is 2.42 bits per heavy atom. The summed E-state index contributed by atoms with van der Waals surface area (Å²) in [6, 6.07) is 14.4. The number of hydrogen-bond acceptors (Lipinski definition) is 3. The summed E-state index contributed by atoms with van der Waals surface area (Å²) < 4.78 is 5.89. The molecular formula is C25H33ClN2O3. The van der Waals surface area contributed by atoms with E-state index < -0.39 is 6.04 Å². The number of carbonyl (C=O) groups is 2. The molecular weight excluding hydrogens is 412 g/mol. The van der Waals surface area contributed by atoms with Crippen molar-refractivity contribution in [1.29, 1.82) is 0 Å². The molecule has 2 rings (SSSR count). The molecule has 0 bridgehead atoms. The molecule has 0 saturated carbocycles. The van der Waals surface area contributed by atoms with Gasteiger partial charge in [0.05, 0.1) is 0 Å². The van der Waals surface area contributed by atoms with Gasteiger partial charge >= 0.3 is 0 Å². The molecule has 0 radical (unpaired) electrons. The largest absolute Gasteiger partial charge is 0.483 e. The average Bonchev–Trinajstić information content (AvgIpc) is 2.75. The van der Waals surface area contributed by atoms with Gasteiger partial charge in [-0.15, -0.1) is 0 Å². The second kappa shape index (κ2) is 11.8. The lowest BCUT2D eigenvalue weighted by molar-refractivity contribution is -0.142. The van der Waals surface area contributed by atoms with Crippen molar-refractivity contribution in [2.45, 2.75) is 65.6 Å². The van der Waals surface area contributed by atoms with Crippen LogP contribution >= 0.6 is 11.6 Å². The average molecular weight is 445 g/mol. The van der Waals surface area contributed by atoms with E-state index in [1.807, 2.05) is 50.2 Å². The third-order valence-electron chi connectivity index (χ3n) is 5.30. The Labute approximate surface area is 190 Å². The van der Waals surface area contributed by atoms with Crippen molar-refractivity contribution in [3.8, 4) is 5.75 Å². The first-order valence-electron chi connectivity index (χ1n) is 10.8. The summed E-state index contributed by atoms with van der Waals surface area (Å²) in [5, 5.41) is 3.55. The third-order valence-corrected chi connectivity index (χ3v) is 5.54. The lowest BCUT2D eigenvalue weighted by Gasteiger charge is -2.30. The zero-order valence-electron chi connectivity index (χ0n) is 19.0. The molecule has 0 aromatic heterocycles. The molecule has 2 amide bonds. The van der Waals surface area contributed by atoms with Crippen molar-refractivity contribution in [3.05, 3.63) is 64.7 Å². The summed E-state index contributed by atoms with van der Waals surface area (Å²) in [4.78, 5) is 27.5. The number of ether oxygens (including phenoxy) is 1. The minimum absolute atomic E-state index is 0.0345. The van der Waals surface area contributed by atoms with Crippen molar-refractivity contribution in [3.63, 3.8) is 0 Å². The van der Waals surface area contributed by atoms with E-state index in [9.17, 15) is 9.59 Å². The fourth-order valence-corrected chi connectivity index (χ4v) is 3.40. The van der Waals surface area contributed by atoms with Crippen molar-refractivity contribution < 1.29 is 14.3 Å². The number of para-hydroxylation sites is 1. The first-order valence-corrected chi connectivity index (χ1v) is 11.2. The van der Waals surface area contributed by atoms with Gasteiger partial charge < -0.3 is 15.0 Å². The standard InChI is InChI=1S/C25H33ClN2O3/c1-6-18(4)27-25(30)19(5)28(15-20-10-9-11-21(26)14-20)24(29)16-31-23-13-8-7-12-22(23)17(2)3/h7-14,17-19H,6,15-16H2,1-5H3,(H,27,30). The van der Waals surface area contributed by atoms with Gasteiger partial charge in [0, 0.05) is 17.6 Å². The van der Waals surface area contributed by atoms with Crippen LogP contribution < -0.4 is 10.1 Å². The van der Waals surface area contributed by atoms with Gasteiger partial charge in [-0.05, 0) is 55.5 Å². The minimum Gasteiger partial charge on any atom is -0.483 e. The number of hydrogen-bond donors (Lipinski definition) is 1. The summed E-state index contributed by atoms with van der Waals surface area (Å²) in [5.41, 5.74) is 1.89. The highest BCUT2D eigenvalue weighted by atomic mass is 35.5. The molecule has 0 heterocycles. The van der Waals surface area contributed by atoms with Crippen LogP contribution in [0, 0.1) is 0 Å². The molecule has 0 aliphatic carbocycles. The second-order valence-electron chi connectivity index (χ2n) is 8.13. The number of carbonyl (C=O) groups excluding carboxylic acids is 2. The van der Waals surface area contributed by atoms with Crippen molar-refractivity contribution in [1.82, 2.24) is 10.2 Å². The van der Waals surface area contributed by atoms with Crippen LogP contribution in [0.3, 0.4) is 0 Å². The summed E-state index contributed by atoms with van der Waals surface area (Å²) in [5.74, 6) is 0.511. The van der Waals surface area contributed by atoms with E-state index in [1.165, 1.54) is 0 Å². The van der Waals surface area contributed by atoms with Crippen molar-refractivity contribution in [2.75, 3.05) is 6.61 Å². The van der Waals surface area contributed by atoms with Gasteiger partial charge in [-0.25, -0.2) is 0 Å². The van der Waals surface area contributed by atoms with Crippen molar-refractivity contribution in [2.24, 2.45) is 0 Å². The molecule has 1 N–H and O–H groups in total. The predicted octanol–water partition coefficient (Wildman–Crippen LogP) is 5.17. The monoisotopic (exact) mass is 444 g/mol. The lowest BCUT2D eigenvalue weighted by Crippen LogP contribution is -2.50. The normalized spacial score (nSPS) is 12.9. The fourth-order valence-electron chi connectivity index (χ4n) is 3.19. The molecule has 31 heavy (non-hydrogen) atoms. The Morgan fingerprint density at radius 2 is 1.77 bits per heavy atom. The van der Waals surface area contributed by atoms with Gasteiger partial charge in [0.25, 0.3) is 5.91 Å². The van der Waals surface area contributed by atoms with Crippen LogP contribution in [0.25, 0.3) is 0 Å². The maximum absolute atomic E-state index is 13.2. The number of amides is 2. The fraction of sp³-hybridized carbons (Fsp3) is 0.440. The van der Waals surface area contributed by atoms with Gasteiger partial charge in [-0.3, -0.25) is 9.59 Å². The number of nitrogens with zero attached hydrogens (tertiary/aromatic N) is 1. The van der Waals surface area contributed by atoms with E-state index in [2.05, 4.69) is 19.2 Å². The van der Waals surface area contributed by atoms with Gasteiger partial charge in [0.1, 0.15) is 11.8 Å². The minimum atomic E-state index is -0.649. The SMILES string of the molecule is CCC(C)NC(=O)C(C)N(Cc1cccc(Cl)c1)C(=O)COc1ccccc1C(C)C. The first kappa shape index (κ1) is 24.7. The Kier molecular flexibility index (Phi) is 9.38. The van der Waals surface area contributed by atoms with Crippen LogP contribution in [0.15, 0.2) is 48.5 Å². The summed E-state index contributed by atoms with van der Waals surface area (Å²) in [6.07, 6.45) is 0.815. The quantitative estimate of drug-likeness (QED) is 0.549. The van der Waals surface area contributed by atoms with Crippen LogP contribution in [0.2, 0.25) is 5.02 Å². The van der Waals surface area contributed by atoms with E-state index in [4.69, 9.17) is 16.3 Å². The molecule has 2 unspecified atom stereocenters. The van der Waals surface area contributed by atoms with Crippen LogP contribution in [0.5, 0.6) is 5.75 Å². The maximum atomic E-state index is 13.2. The van der Waals surface area contributed by atoms with Crippen molar-refractivity contribution >= 4 is 23.4 Å². The second-order valence-corrected chi connectivity index (χ2v) is 8.56. The van der Waals surface area contributed by atoms with Gasteiger partial charge in [0.15, 0.2) is 6.61 Å². The summed E-state index contributed by atoms with van der Waals surface area (Å²) in [6.45, 7) is 9.97. The highest BCUT2D eigenvalue weighted by Crippen LogP contribution is 2.26. The Bertz CT molecular complexity index is 885. The molecule has 6 heteroatoms. The Morgan fingerprint density at radius 1 is 1.06 bits per heavy atom. The smallest absolute Gasteiger partial charge is 0.261 e.